The average molecular weight is 405 g/mol. The molecule has 0 heterocycles. The van der Waals surface area contributed by atoms with Crippen LogP contribution in [-0.4, -0.2) is 84.1 Å². The zero-order valence-corrected chi connectivity index (χ0v) is 14.6. The lowest BCUT2D eigenvalue weighted by Crippen LogP contribution is -2.17. The van der Waals surface area contributed by atoms with E-state index >= 15 is 0 Å². The molecule has 122 valence electrons. The van der Waals surface area contributed by atoms with Gasteiger partial charge in [-0.25, -0.2) is 0 Å². The summed E-state index contributed by atoms with van der Waals surface area (Å²) >= 11 is 2.28. The Morgan fingerprint density at radius 1 is 0.600 bits per heavy atom. The Bertz CT molecular complexity index is 159. The third-order valence-electron chi connectivity index (χ3n) is 2.21. The zero-order chi connectivity index (χ0) is 14.7. The normalized spacial score (nSPS) is 11.1. The molecule has 0 rings (SSSR count). The lowest BCUT2D eigenvalue weighted by Gasteiger charge is -2.07. The van der Waals surface area contributed by atoms with E-state index in [2.05, 4.69) is 27.9 Å². The minimum absolute atomic E-state index is 0.589. The summed E-state index contributed by atoms with van der Waals surface area (Å²) in [6, 6.07) is 0. The van der Waals surface area contributed by atoms with E-state index in [1.807, 2.05) is 7.05 Å². The summed E-state index contributed by atoms with van der Waals surface area (Å²) < 4.78 is 27.7. The number of likely N-dealkylation sites (N-methyl/N-ethyl adjacent to an activating group) is 1. The van der Waals surface area contributed by atoms with Crippen molar-refractivity contribution < 1.29 is 23.7 Å². The Kier molecular flexibility index (Phi) is 20.0. The summed E-state index contributed by atoms with van der Waals surface area (Å²) in [6.07, 6.45) is 0. The van der Waals surface area contributed by atoms with Crippen molar-refractivity contribution in [2.24, 2.45) is 0 Å². The highest BCUT2D eigenvalue weighted by atomic mass is 127. The quantitative estimate of drug-likeness (QED) is 0.219. The third kappa shape index (κ3) is 18.5. The maximum Gasteiger partial charge on any atom is 0.0701 e. The van der Waals surface area contributed by atoms with Gasteiger partial charge < -0.3 is 29.0 Å². The van der Waals surface area contributed by atoms with Crippen molar-refractivity contribution in [3.05, 3.63) is 0 Å². The SMILES string of the molecule is CNCCOCCOCCOCCOCCOCCI. The summed E-state index contributed by atoms with van der Waals surface area (Å²) in [5.74, 6) is 0. The zero-order valence-electron chi connectivity index (χ0n) is 12.4. The Morgan fingerprint density at radius 3 is 1.30 bits per heavy atom. The van der Waals surface area contributed by atoms with E-state index in [0.29, 0.717) is 52.9 Å². The first-order valence-corrected chi connectivity index (χ1v) is 8.53. The van der Waals surface area contributed by atoms with Crippen molar-refractivity contribution in [3.8, 4) is 0 Å². The molecule has 0 saturated carbocycles. The first-order valence-electron chi connectivity index (χ1n) is 7.01. The molecule has 6 nitrogen and oxygen atoms in total. The van der Waals surface area contributed by atoms with Crippen LogP contribution in [0.5, 0.6) is 0 Å². The van der Waals surface area contributed by atoms with Crippen LogP contribution in [0.4, 0.5) is 0 Å². The van der Waals surface area contributed by atoms with Crippen molar-refractivity contribution in [3.63, 3.8) is 0 Å². The van der Waals surface area contributed by atoms with E-state index in [9.17, 15) is 0 Å². The van der Waals surface area contributed by atoms with E-state index in [4.69, 9.17) is 23.7 Å². The second-order valence-electron chi connectivity index (χ2n) is 3.85. The summed E-state index contributed by atoms with van der Waals surface area (Å²) in [6.45, 7) is 7.26. The molecule has 0 saturated heterocycles. The molecule has 0 aromatic heterocycles. The fraction of sp³-hybridized carbons (Fsp3) is 1.00. The lowest BCUT2D eigenvalue weighted by atomic mass is 10.6. The molecule has 0 aliphatic rings. The summed E-state index contributed by atoms with van der Waals surface area (Å²) in [7, 11) is 1.90. The first kappa shape index (κ1) is 20.5. The molecule has 0 aromatic carbocycles. The van der Waals surface area contributed by atoms with E-state index < -0.39 is 0 Å². The van der Waals surface area contributed by atoms with E-state index in [1.165, 1.54) is 0 Å². The number of ether oxygens (including phenoxy) is 5. The predicted octanol–water partition coefficient (Wildman–Crippen LogP) is 0.724. The number of alkyl halides is 1. The maximum absolute atomic E-state index is 5.36. The molecular formula is C13H28INO5. The number of nitrogens with one attached hydrogen (secondary N) is 1. The smallest absolute Gasteiger partial charge is 0.0701 e. The largest absolute Gasteiger partial charge is 0.378 e. The van der Waals surface area contributed by atoms with Gasteiger partial charge in [-0.05, 0) is 7.05 Å². The van der Waals surface area contributed by atoms with Crippen LogP contribution in [-0.2, 0) is 23.7 Å². The summed E-state index contributed by atoms with van der Waals surface area (Å²) in [5, 5.41) is 3.01. The molecular weight excluding hydrogens is 377 g/mol. The fourth-order valence-electron chi connectivity index (χ4n) is 1.21. The minimum Gasteiger partial charge on any atom is -0.378 e. The fourth-order valence-corrected chi connectivity index (χ4v) is 1.52. The molecule has 0 bridgehead atoms. The summed E-state index contributed by atoms with van der Waals surface area (Å²) in [4.78, 5) is 0. The second kappa shape index (κ2) is 19.5. The molecule has 20 heavy (non-hydrogen) atoms. The molecule has 0 aliphatic heterocycles. The van der Waals surface area contributed by atoms with Gasteiger partial charge in [0.25, 0.3) is 0 Å². The van der Waals surface area contributed by atoms with Crippen molar-refractivity contribution in [1.82, 2.24) is 5.32 Å². The van der Waals surface area contributed by atoms with Crippen LogP contribution in [0.25, 0.3) is 0 Å². The Morgan fingerprint density at radius 2 is 0.950 bits per heavy atom. The first-order chi connectivity index (χ1) is 9.91. The van der Waals surface area contributed by atoms with Gasteiger partial charge in [0.2, 0.25) is 0 Å². The van der Waals surface area contributed by atoms with Crippen LogP contribution in [0, 0.1) is 0 Å². The Hall–Kier alpha value is 0.490. The molecule has 7 heteroatoms. The minimum atomic E-state index is 0.589. The number of halogens is 1. The number of hydrogen-bond donors (Lipinski definition) is 1. The van der Waals surface area contributed by atoms with Gasteiger partial charge in [0, 0.05) is 11.0 Å². The number of hydrogen-bond acceptors (Lipinski definition) is 6. The predicted molar refractivity (Wildman–Crippen MR) is 86.9 cm³/mol. The molecule has 0 atom stereocenters. The van der Waals surface area contributed by atoms with Gasteiger partial charge in [0.15, 0.2) is 0 Å². The van der Waals surface area contributed by atoms with Crippen LogP contribution in [0.1, 0.15) is 0 Å². The Balaban J connectivity index is 2.89. The van der Waals surface area contributed by atoms with Gasteiger partial charge in [-0.1, -0.05) is 22.6 Å². The molecule has 0 amide bonds. The van der Waals surface area contributed by atoms with Crippen LogP contribution in [0.2, 0.25) is 0 Å². The maximum atomic E-state index is 5.36. The molecule has 0 fully saturated rings. The van der Waals surface area contributed by atoms with Gasteiger partial charge in [-0.15, -0.1) is 0 Å². The van der Waals surface area contributed by atoms with Crippen molar-refractivity contribution in [2.45, 2.75) is 0 Å². The third-order valence-corrected chi connectivity index (χ3v) is 2.65. The monoisotopic (exact) mass is 405 g/mol. The van der Waals surface area contributed by atoms with E-state index in [-0.39, 0.29) is 0 Å². The molecule has 1 N–H and O–H groups in total. The van der Waals surface area contributed by atoms with Crippen LogP contribution in [0.3, 0.4) is 0 Å². The standard InChI is InChI=1S/C13H28INO5/c1-15-3-5-17-7-9-19-11-13-20-12-10-18-8-6-16-4-2-14/h15H,2-13H2,1H3. The highest BCUT2D eigenvalue weighted by molar-refractivity contribution is 14.1. The second-order valence-corrected chi connectivity index (χ2v) is 4.93. The van der Waals surface area contributed by atoms with Crippen LogP contribution >= 0.6 is 22.6 Å². The van der Waals surface area contributed by atoms with Gasteiger partial charge in [-0.2, -0.15) is 0 Å². The average Bonchev–Trinajstić information content (AvgIpc) is 2.47. The van der Waals surface area contributed by atoms with Gasteiger partial charge in [0.05, 0.1) is 66.1 Å². The summed E-state index contributed by atoms with van der Waals surface area (Å²) in [5.41, 5.74) is 0. The molecule has 0 unspecified atom stereocenters. The molecule has 0 aromatic rings. The molecule has 0 spiro atoms. The van der Waals surface area contributed by atoms with Crippen molar-refractivity contribution >= 4 is 22.6 Å². The van der Waals surface area contributed by atoms with Crippen LogP contribution < -0.4 is 5.32 Å². The Labute approximate surface area is 135 Å². The van der Waals surface area contributed by atoms with Crippen molar-refractivity contribution in [1.29, 1.82) is 0 Å². The number of rotatable bonds is 17. The van der Waals surface area contributed by atoms with Gasteiger partial charge >= 0.3 is 0 Å². The molecule has 0 radical (unpaired) electrons. The van der Waals surface area contributed by atoms with Gasteiger partial charge in [-0.3, -0.25) is 0 Å². The van der Waals surface area contributed by atoms with E-state index in [0.717, 1.165) is 24.2 Å². The van der Waals surface area contributed by atoms with E-state index in [1.54, 1.807) is 0 Å². The van der Waals surface area contributed by atoms with Crippen molar-refractivity contribution in [2.75, 3.05) is 84.1 Å². The lowest BCUT2D eigenvalue weighted by molar-refractivity contribution is -0.00965. The molecule has 0 aliphatic carbocycles. The highest BCUT2D eigenvalue weighted by Gasteiger charge is 1.93. The highest BCUT2D eigenvalue weighted by Crippen LogP contribution is 1.85. The topological polar surface area (TPSA) is 58.2 Å². The van der Waals surface area contributed by atoms with Crippen LogP contribution in [0.15, 0.2) is 0 Å². The van der Waals surface area contributed by atoms with Gasteiger partial charge in [0.1, 0.15) is 0 Å².